The molecule has 0 bridgehead atoms. The van der Waals surface area contributed by atoms with Crippen molar-refractivity contribution in [3.63, 3.8) is 0 Å². The predicted molar refractivity (Wildman–Crippen MR) is 65.0 cm³/mol. The third-order valence-corrected chi connectivity index (χ3v) is 2.27. The quantitative estimate of drug-likeness (QED) is 0.726. The van der Waals surface area contributed by atoms with E-state index < -0.39 is 24.0 Å². The van der Waals surface area contributed by atoms with Crippen LogP contribution in [0, 0.1) is 5.92 Å². The fourth-order valence-electron chi connectivity index (χ4n) is 1.27. The molecule has 104 valence electrons. The van der Waals surface area contributed by atoms with Crippen LogP contribution in [0.2, 0.25) is 0 Å². The summed E-state index contributed by atoms with van der Waals surface area (Å²) in [6.07, 6.45) is -0.867. The van der Waals surface area contributed by atoms with Crippen LogP contribution in [-0.2, 0) is 19.1 Å². The van der Waals surface area contributed by atoms with Crippen molar-refractivity contribution < 1.29 is 23.9 Å². The Hall–Kier alpha value is -1.59. The van der Waals surface area contributed by atoms with Crippen LogP contribution in [0.1, 0.15) is 34.1 Å². The van der Waals surface area contributed by atoms with Gasteiger partial charge in [-0.2, -0.15) is 0 Å². The molecule has 0 rings (SSSR count). The highest BCUT2D eigenvalue weighted by Crippen LogP contribution is 2.07. The Bertz CT molecular complexity index is 314. The van der Waals surface area contributed by atoms with E-state index in [1.165, 1.54) is 7.11 Å². The molecule has 6 nitrogen and oxygen atoms in total. The van der Waals surface area contributed by atoms with E-state index in [1.54, 1.807) is 27.7 Å². The molecule has 0 radical (unpaired) electrons. The average Bonchev–Trinajstić information content (AvgIpc) is 2.26. The highest BCUT2D eigenvalue weighted by atomic mass is 16.6. The highest BCUT2D eigenvalue weighted by molar-refractivity contribution is 5.90. The number of hydrogen-bond donors (Lipinski definition) is 1. The number of carbonyl (C=O) groups is 3. The summed E-state index contributed by atoms with van der Waals surface area (Å²) < 4.78 is 9.37. The molecule has 0 aromatic carbocycles. The Labute approximate surface area is 107 Å². The Morgan fingerprint density at radius 3 is 2.11 bits per heavy atom. The summed E-state index contributed by atoms with van der Waals surface area (Å²) >= 11 is 0. The van der Waals surface area contributed by atoms with Crippen molar-refractivity contribution in [2.24, 2.45) is 5.92 Å². The van der Waals surface area contributed by atoms with Crippen LogP contribution in [0.4, 0.5) is 4.79 Å². The fourth-order valence-corrected chi connectivity index (χ4v) is 1.27. The Balaban J connectivity index is 4.18. The van der Waals surface area contributed by atoms with Gasteiger partial charge < -0.3 is 14.8 Å². The van der Waals surface area contributed by atoms with Crippen molar-refractivity contribution in [2.75, 3.05) is 7.11 Å². The van der Waals surface area contributed by atoms with Gasteiger partial charge in [-0.1, -0.05) is 6.92 Å². The van der Waals surface area contributed by atoms with Gasteiger partial charge in [-0.15, -0.1) is 0 Å². The number of ether oxygens (including phenoxy) is 2. The first-order valence-corrected chi connectivity index (χ1v) is 5.85. The van der Waals surface area contributed by atoms with Crippen LogP contribution in [0.15, 0.2) is 0 Å². The van der Waals surface area contributed by atoms with Crippen LogP contribution < -0.4 is 5.32 Å². The van der Waals surface area contributed by atoms with Crippen molar-refractivity contribution in [2.45, 2.75) is 46.3 Å². The molecule has 18 heavy (non-hydrogen) atoms. The van der Waals surface area contributed by atoms with Crippen LogP contribution in [0.5, 0.6) is 0 Å². The maximum absolute atomic E-state index is 11.7. The number of Topliss-reactive ketones (excluding diaryl/α,β-unsaturated/α-hetero) is 1. The van der Waals surface area contributed by atoms with Crippen LogP contribution >= 0.6 is 0 Å². The lowest BCUT2D eigenvalue weighted by Crippen LogP contribution is -2.40. The number of carbonyl (C=O) groups excluding carboxylic acids is 3. The normalized spacial score (nSPS) is 13.7. The summed E-state index contributed by atoms with van der Waals surface area (Å²) in [7, 11) is 1.27. The molecule has 1 amide bonds. The number of ketones is 1. The van der Waals surface area contributed by atoms with Gasteiger partial charge >= 0.3 is 12.1 Å². The van der Waals surface area contributed by atoms with E-state index in [0.717, 1.165) is 0 Å². The number of rotatable bonds is 6. The van der Waals surface area contributed by atoms with Gasteiger partial charge in [-0.3, -0.25) is 9.59 Å². The smallest absolute Gasteiger partial charge is 0.407 e. The first-order valence-electron chi connectivity index (χ1n) is 5.85. The summed E-state index contributed by atoms with van der Waals surface area (Å²) in [5.74, 6) is -1.21. The minimum Gasteiger partial charge on any atom is -0.469 e. The van der Waals surface area contributed by atoms with Crippen LogP contribution in [-0.4, -0.2) is 37.1 Å². The molecule has 0 fully saturated rings. The second-order valence-corrected chi connectivity index (χ2v) is 4.41. The van der Waals surface area contributed by atoms with E-state index >= 15 is 0 Å². The van der Waals surface area contributed by atoms with Crippen molar-refractivity contribution in [1.29, 1.82) is 0 Å². The third-order valence-electron chi connectivity index (χ3n) is 2.27. The van der Waals surface area contributed by atoms with Crippen LogP contribution in [0.25, 0.3) is 0 Å². The van der Waals surface area contributed by atoms with Crippen molar-refractivity contribution >= 4 is 17.8 Å². The topological polar surface area (TPSA) is 81.7 Å². The SMILES string of the molecule is COC(=O)C(C)CC(=O)C(C)NC(=O)OC(C)C. The molecular weight excluding hydrogens is 238 g/mol. The summed E-state index contributed by atoms with van der Waals surface area (Å²) in [4.78, 5) is 34.1. The number of amides is 1. The molecule has 0 spiro atoms. The second kappa shape index (κ2) is 7.68. The minimum atomic E-state index is -0.691. The molecule has 0 aromatic rings. The zero-order chi connectivity index (χ0) is 14.3. The molecule has 6 heteroatoms. The van der Waals surface area contributed by atoms with E-state index in [4.69, 9.17) is 4.74 Å². The molecular formula is C12H21NO5. The second-order valence-electron chi connectivity index (χ2n) is 4.41. The van der Waals surface area contributed by atoms with Crippen molar-refractivity contribution in [3.8, 4) is 0 Å². The highest BCUT2D eigenvalue weighted by Gasteiger charge is 2.22. The molecule has 2 unspecified atom stereocenters. The third kappa shape index (κ3) is 6.22. The average molecular weight is 259 g/mol. The van der Waals surface area contributed by atoms with Gasteiger partial charge in [-0.25, -0.2) is 4.79 Å². The van der Waals surface area contributed by atoms with Crippen molar-refractivity contribution in [3.05, 3.63) is 0 Å². The number of methoxy groups -OCH3 is 1. The van der Waals surface area contributed by atoms with Crippen LogP contribution in [0.3, 0.4) is 0 Å². The summed E-state index contributed by atoms with van der Waals surface area (Å²) in [6, 6.07) is -0.691. The maximum atomic E-state index is 11.7. The van der Waals surface area contributed by atoms with Gasteiger partial charge in [0.25, 0.3) is 0 Å². The Morgan fingerprint density at radius 2 is 1.67 bits per heavy atom. The Morgan fingerprint density at radius 1 is 1.11 bits per heavy atom. The molecule has 0 saturated carbocycles. The molecule has 2 atom stereocenters. The molecule has 0 aliphatic heterocycles. The zero-order valence-electron chi connectivity index (χ0n) is 11.5. The monoisotopic (exact) mass is 259 g/mol. The molecule has 0 aromatic heterocycles. The number of nitrogens with one attached hydrogen (secondary N) is 1. The van der Waals surface area contributed by atoms with E-state index in [1.807, 2.05) is 0 Å². The van der Waals surface area contributed by atoms with E-state index in [2.05, 4.69) is 10.1 Å². The lowest BCUT2D eigenvalue weighted by atomic mass is 10.0. The molecule has 0 heterocycles. The lowest BCUT2D eigenvalue weighted by molar-refractivity contribution is -0.146. The van der Waals surface area contributed by atoms with Gasteiger partial charge in [0.2, 0.25) is 0 Å². The summed E-state index contributed by atoms with van der Waals surface area (Å²) in [5.41, 5.74) is 0. The van der Waals surface area contributed by atoms with E-state index in [-0.39, 0.29) is 18.3 Å². The standard InChI is InChI=1S/C12H21NO5/c1-7(2)18-12(16)13-9(4)10(14)6-8(3)11(15)17-5/h7-9H,6H2,1-5H3,(H,13,16). The van der Waals surface area contributed by atoms with Gasteiger partial charge in [0, 0.05) is 6.42 Å². The summed E-state index contributed by atoms with van der Waals surface area (Å²) in [5, 5.41) is 2.41. The number of alkyl carbamates (subject to hydrolysis) is 1. The summed E-state index contributed by atoms with van der Waals surface area (Å²) in [6.45, 7) is 6.58. The number of esters is 1. The largest absolute Gasteiger partial charge is 0.469 e. The fraction of sp³-hybridized carbons (Fsp3) is 0.750. The molecule has 1 N–H and O–H groups in total. The lowest BCUT2D eigenvalue weighted by Gasteiger charge is -2.16. The first kappa shape index (κ1) is 16.4. The zero-order valence-corrected chi connectivity index (χ0v) is 11.5. The maximum Gasteiger partial charge on any atom is 0.407 e. The first-order chi connectivity index (χ1) is 8.27. The molecule has 0 aliphatic carbocycles. The predicted octanol–water partition coefficient (Wildman–Crippen LogP) is 1.28. The van der Waals surface area contributed by atoms with E-state index in [9.17, 15) is 14.4 Å². The van der Waals surface area contributed by atoms with Gasteiger partial charge in [-0.05, 0) is 20.8 Å². The molecule has 0 saturated heterocycles. The Kier molecular flexibility index (Phi) is 7.00. The van der Waals surface area contributed by atoms with Crippen molar-refractivity contribution in [1.82, 2.24) is 5.32 Å². The number of hydrogen-bond acceptors (Lipinski definition) is 5. The minimum absolute atomic E-state index is 0.0236. The van der Waals surface area contributed by atoms with Gasteiger partial charge in [0.1, 0.15) is 0 Å². The van der Waals surface area contributed by atoms with E-state index in [0.29, 0.717) is 0 Å². The van der Waals surface area contributed by atoms with Gasteiger partial charge in [0.05, 0.1) is 25.2 Å². The van der Waals surface area contributed by atoms with Gasteiger partial charge in [0.15, 0.2) is 5.78 Å². The molecule has 0 aliphatic rings.